The van der Waals surface area contributed by atoms with Gasteiger partial charge >= 0.3 is 0 Å². The van der Waals surface area contributed by atoms with Crippen molar-refractivity contribution in [2.75, 3.05) is 11.9 Å². The van der Waals surface area contributed by atoms with Gasteiger partial charge in [0.15, 0.2) is 11.5 Å². The topological polar surface area (TPSA) is 76.7 Å². The molecule has 0 saturated carbocycles. The number of hydrogen-bond acceptors (Lipinski definition) is 4. The molecule has 0 aliphatic carbocycles. The maximum atomic E-state index is 12.6. The number of carbonyl (C=O) groups excluding carboxylic acids is 2. The average molecular weight is 354 g/mol. The van der Waals surface area contributed by atoms with Crippen molar-refractivity contribution in [3.8, 4) is 11.5 Å². The summed E-state index contributed by atoms with van der Waals surface area (Å²) in [7, 11) is 0. The number of amides is 2. The fourth-order valence-corrected chi connectivity index (χ4v) is 2.56. The summed E-state index contributed by atoms with van der Waals surface area (Å²) in [6, 6.07) is 14.2. The van der Waals surface area contributed by atoms with E-state index >= 15 is 0 Å². The van der Waals surface area contributed by atoms with Crippen LogP contribution in [-0.4, -0.2) is 30.6 Å². The minimum Gasteiger partial charge on any atom is -0.485 e. The Morgan fingerprint density at radius 2 is 1.81 bits per heavy atom. The Hall–Kier alpha value is -3.02. The SMILES string of the molecule is CC[C@@H](C)NC(=O)c1ccccc1NC(=O)[C@H]1COc2ccccc2O1. The van der Waals surface area contributed by atoms with Gasteiger partial charge in [0.05, 0.1) is 11.3 Å². The summed E-state index contributed by atoms with van der Waals surface area (Å²) in [5.74, 6) is 0.566. The van der Waals surface area contributed by atoms with E-state index in [-0.39, 0.29) is 24.5 Å². The second-order valence-corrected chi connectivity index (χ2v) is 6.18. The number of carbonyl (C=O) groups is 2. The molecule has 26 heavy (non-hydrogen) atoms. The molecule has 0 saturated heterocycles. The van der Waals surface area contributed by atoms with E-state index in [1.807, 2.05) is 26.0 Å². The molecule has 136 valence electrons. The standard InChI is InChI=1S/C20H22N2O4/c1-3-13(2)21-19(23)14-8-4-5-9-15(14)22-20(24)18-12-25-16-10-6-7-11-17(16)26-18/h4-11,13,18H,3,12H2,1-2H3,(H,21,23)(H,22,24)/t13-,18-/m1/s1. The minimum absolute atomic E-state index is 0.0536. The first kappa shape index (κ1) is 17.8. The van der Waals surface area contributed by atoms with Crippen LogP contribution in [0.15, 0.2) is 48.5 Å². The molecule has 2 atom stereocenters. The van der Waals surface area contributed by atoms with Gasteiger partial charge in [0.2, 0.25) is 6.10 Å². The van der Waals surface area contributed by atoms with Crippen LogP contribution in [0, 0.1) is 0 Å². The van der Waals surface area contributed by atoms with Gasteiger partial charge in [0.25, 0.3) is 11.8 Å². The van der Waals surface area contributed by atoms with E-state index in [4.69, 9.17) is 9.47 Å². The molecule has 2 aromatic rings. The zero-order chi connectivity index (χ0) is 18.5. The molecule has 2 N–H and O–H groups in total. The molecule has 0 spiro atoms. The van der Waals surface area contributed by atoms with Gasteiger partial charge in [-0.1, -0.05) is 31.2 Å². The predicted molar refractivity (Wildman–Crippen MR) is 98.6 cm³/mol. The Bertz CT molecular complexity index is 806. The maximum Gasteiger partial charge on any atom is 0.269 e. The molecule has 3 rings (SSSR count). The number of fused-ring (bicyclic) bond motifs is 1. The molecule has 1 heterocycles. The van der Waals surface area contributed by atoms with Crippen LogP contribution in [0.3, 0.4) is 0 Å². The Labute approximate surface area is 152 Å². The molecular weight excluding hydrogens is 332 g/mol. The van der Waals surface area contributed by atoms with Crippen LogP contribution in [0.25, 0.3) is 0 Å². The highest BCUT2D eigenvalue weighted by molar-refractivity contribution is 6.04. The third-order valence-corrected chi connectivity index (χ3v) is 4.22. The lowest BCUT2D eigenvalue weighted by Crippen LogP contribution is -2.40. The molecule has 0 bridgehead atoms. The van der Waals surface area contributed by atoms with Crippen molar-refractivity contribution in [3.05, 3.63) is 54.1 Å². The number of nitrogens with one attached hydrogen (secondary N) is 2. The zero-order valence-electron chi connectivity index (χ0n) is 14.8. The fraction of sp³-hybridized carbons (Fsp3) is 0.300. The molecule has 0 radical (unpaired) electrons. The normalized spacial score (nSPS) is 16.5. The number of ether oxygens (including phenoxy) is 2. The van der Waals surface area contributed by atoms with Crippen LogP contribution >= 0.6 is 0 Å². The van der Waals surface area contributed by atoms with Crippen LogP contribution in [0.4, 0.5) is 5.69 Å². The molecule has 2 aromatic carbocycles. The number of para-hydroxylation sites is 3. The fourth-order valence-electron chi connectivity index (χ4n) is 2.56. The molecule has 2 amide bonds. The summed E-state index contributed by atoms with van der Waals surface area (Å²) >= 11 is 0. The van der Waals surface area contributed by atoms with Gasteiger partial charge in [-0.2, -0.15) is 0 Å². The van der Waals surface area contributed by atoms with Crippen molar-refractivity contribution in [2.24, 2.45) is 0 Å². The predicted octanol–water partition coefficient (Wildman–Crippen LogP) is 2.99. The lowest BCUT2D eigenvalue weighted by atomic mass is 10.1. The van der Waals surface area contributed by atoms with Crippen LogP contribution in [0.1, 0.15) is 30.6 Å². The molecule has 0 unspecified atom stereocenters. The first-order valence-corrected chi connectivity index (χ1v) is 8.67. The van der Waals surface area contributed by atoms with Crippen molar-refractivity contribution < 1.29 is 19.1 Å². The number of benzene rings is 2. The van der Waals surface area contributed by atoms with Crippen molar-refractivity contribution in [1.82, 2.24) is 5.32 Å². The van der Waals surface area contributed by atoms with Crippen molar-refractivity contribution in [3.63, 3.8) is 0 Å². The third-order valence-electron chi connectivity index (χ3n) is 4.22. The Morgan fingerprint density at radius 3 is 2.58 bits per heavy atom. The van der Waals surface area contributed by atoms with E-state index in [1.54, 1.807) is 36.4 Å². The van der Waals surface area contributed by atoms with Gasteiger partial charge in [-0.15, -0.1) is 0 Å². The third kappa shape index (κ3) is 3.96. The summed E-state index contributed by atoms with van der Waals surface area (Å²) in [6.07, 6.45) is 0.0444. The lowest BCUT2D eigenvalue weighted by molar-refractivity contribution is -0.125. The molecular formula is C20H22N2O4. The molecule has 0 fully saturated rings. The van der Waals surface area contributed by atoms with E-state index in [0.717, 1.165) is 6.42 Å². The van der Waals surface area contributed by atoms with Gasteiger partial charge in [-0.05, 0) is 37.6 Å². The zero-order valence-corrected chi connectivity index (χ0v) is 14.8. The van der Waals surface area contributed by atoms with Gasteiger partial charge in [-0.25, -0.2) is 0 Å². The summed E-state index contributed by atoms with van der Waals surface area (Å²) in [5.41, 5.74) is 0.860. The Kier molecular flexibility index (Phi) is 5.41. The van der Waals surface area contributed by atoms with E-state index < -0.39 is 6.10 Å². The smallest absolute Gasteiger partial charge is 0.269 e. The molecule has 6 heteroatoms. The van der Waals surface area contributed by atoms with Crippen molar-refractivity contribution in [2.45, 2.75) is 32.4 Å². The summed E-state index contributed by atoms with van der Waals surface area (Å²) in [4.78, 5) is 25.0. The molecule has 0 aromatic heterocycles. The largest absolute Gasteiger partial charge is 0.485 e. The van der Waals surface area contributed by atoms with E-state index in [9.17, 15) is 9.59 Å². The first-order valence-electron chi connectivity index (χ1n) is 8.67. The highest BCUT2D eigenvalue weighted by Crippen LogP contribution is 2.31. The van der Waals surface area contributed by atoms with Crippen LogP contribution in [0.5, 0.6) is 11.5 Å². The highest BCUT2D eigenvalue weighted by Gasteiger charge is 2.28. The minimum atomic E-state index is -0.782. The average Bonchev–Trinajstić information content (AvgIpc) is 2.67. The van der Waals surface area contributed by atoms with Crippen LogP contribution in [-0.2, 0) is 4.79 Å². The second kappa shape index (κ2) is 7.91. The van der Waals surface area contributed by atoms with E-state index in [1.165, 1.54) is 0 Å². The number of rotatable bonds is 5. The van der Waals surface area contributed by atoms with E-state index in [0.29, 0.717) is 22.7 Å². The van der Waals surface area contributed by atoms with Crippen molar-refractivity contribution in [1.29, 1.82) is 0 Å². The molecule has 1 aliphatic heterocycles. The Morgan fingerprint density at radius 1 is 1.12 bits per heavy atom. The summed E-state index contributed by atoms with van der Waals surface area (Å²) < 4.78 is 11.3. The summed E-state index contributed by atoms with van der Waals surface area (Å²) in [6.45, 7) is 4.05. The molecule has 1 aliphatic rings. The van der Waals surface area contributed by atoms with Crippen LogP contribution in [0.2, 0.25) is 0 Å². The number of anilines is 1. The quantitative estimate of drug-likeness (QED) is 0.865. The maximum absolute atomic E-state index is 12.6. The van der Waals surface area contributed by atoms with Gasteiger partial charge in [-0.3, -0.25) is 9.59 Å². The number of hydrogen-bond donors (Lipinski definition) is 2. The van der Waals surface area contributed by atoms with Crippen LogP contribution < -0.4 is 20.1 Å². The highest BCUT2D eigenvalue weighted by atomic mass is 16.6. The lowest BCUT2D eigenvalue weighted by Gasteiger charge is -2.25. The second-order valence-electron chi connectivity index (χ2n) is 6.18. The van der Waals surface area contributed by atoms with Gasteiger partial charge in [0.1, 0.15) is 6.61 Å². The Balaban J connectivity index is 1.71. The first-order chi connectivity index (χ1) is 12.6. The van der Waals surface area contributed by atoms with Crippen molar-refractivity contribution >= 4 is 17.5 Å². The summed E-state index contributed by atoms with van der Waals surface area (Å²) in [5, 5.41) is 5.68. The monoisotopic (exact) mass is 354 g/mol. The van der Waals surface area contributed by atoms with Gasteiger partial charge < -0.3 is 20.1 Å². The van der Waals surface area contributed by atoms with Gasteiger partial charge in [0, 0.05) is 6.04 Å². The molecule has 6 nitrogen and oxygen atoms in total. The van der Waals surface area contributed by atoms with E-state index in [2.05, 4.69) is 10.6 Å².